The first-order valence-corrected chi connectivity index (χ1v) is 8.69. The van der Waals surface area contributed by atoms with E-state index >= 15 is 0 Å². The lowest BCUT2D eigenvalue weighted by Crippen LogP contribution is -1.98. The number of halogens is 1. The van der Waals surface area contributed by atoms with Crippen molar-refractivity contribution < 1.29 is 4.39 Å². The zero-order valence-electron chi connectivity index (χ0n) is 14.2. The molecule has 3 aromatic rings. The Morgan fingerprint density at radius 2 is 1.48 bits per heavy atom. The van der Waals surface area contributed by atoms with E-state index in [1.807, 2.05) is 12.1 Å². The predicted octanol–water partition coefficient (Wildman–Crippen LogP) is 6.13. The highest BCUT2D eigenvalue weighted by Gasteiger charge is 2.20. The second-order valence-corrected chi connectivity index (χ2v) is 6.57. The number of aryl methyl sites for hydroxylation is 1. The molecule has 0 N–H and O–H groups in total. The van der Waals surface area contributed by atoms with Crippen LogP contribution in [0.3, 0.4) is 0 Å². The van der Waals surface area contributed by atoms with Gasteiger partial charge in [0.05, 0.1) is 6.04 Å². The first kappa shape index (κ1) is 15.8. The zero-order valence-corrected chi connectivity index (χ0v) is 14.2. The van der Waals surface area contributed by atoms with Gasteiger partial charge in [-0.1, -0.05) is 60.7 Å². The highest BCUT2D eigenvalue weighted by molar-refractivity contribution is 6.02. The number of benzene rings is 3. The van der Waals surface area contributed by atoms with E-state index in [1.54, 1.807) is 0 Å². The molecule has 0 saturated heterocycles. The van der Waals surface area contributed by atoms with Gasteiger partial charge < -0.3 is 0 Å². The Bertz CT molecular complexity index is 908. The predicted molar refractivity (Wildman–Crippen MR) is 102 cm³/mol. The van der Waals surface area contributed by atoms with Crippen LogP contribution in [-0.2, 0) is 0 Å². The molecule has 0 bridgehead atoms. The standard InChI is InChI=1S/C23H20FN/c1-16-4-2-3-5-21(16)23-15-14-22(25-23)19-8-6-17(7-9-19)18-10-12-20(24)13-11-18/h2-13,22H,14-15H2,1H3. The molecule has 0 spiro atoms. The molecule has 124 valence electrons. The molecule has 1 aliphatic rings. The van der Waals surface area contributed by atoms with Gasteiger partial charge in [0.2, 0.25) is 0 Å². The van der Waals surface area contributed by atoms with Crippen LogP contribution < -0.4 is 0 Å². The number of rotatable bonds is 3. The van der Waals surface area contributed by atoms with Crippen molar-refractivity contribution >= 4 is 5.71 Å². The molecule has 1 aliphatic heterocycles. The Morgan fingerprint density at radius 1 is 0.840 bits per heavy atom. The molecular weight excluding hydrogens is 309 g/mol. The summed E-state index contributed by atoms with van der Waals surface area (Å²) < 4.78 is 13.1. The lowest BCUT2D eigenvalue weighted by atomic mass is 9.99. The van der Waals surface area contributed by atoms with Crippen LogP contribution in [0.4, 0.5) is 4.39 Å². The van der Waals surface area contributed by atoms with E-state index in [2.05, 4.69) is 55.5 Å². The summed E-state index contributed by atoms with van der Waals surface area (Å²) in [6, 6.07) is 23.8. The highest BCUT2D eigenvalue weighted by atomic mass is 19.1. The summed E-state index contributed by atoms with van der Waals surface area (Å²) in [6.45, 7) is 2.14. The molecule has 0 aromatic heterocycles. The van der Waals surface area contributed by atoms with Crippen molar-refractivity contribution in [3.05, 3.63) is 95.3 Å². The molecular formula is C23H20FN. The first-order valence-electron chi connectivity index (χ1n) is 8.69. The van der Waals surface area contributed by atoms with Crippen LogP contribution in [-0.4, -0.2) is 5.71 Å². The van der Waals surface area contributed by atoms with Crippen molar-refractivity contribution in [1.29, 1.82) is 0 Å². The molecule has 2 heteroatoms. The summed E-state index contributed by atoms with van der Waals surface area (Å²) in [5.41, 5.74) is 7.15. The number of aliphatic imine (C=N–C) groups is 1. The third-order valence-corrected chi connectivity index (χ3v) is 4.90. The molecule has 1 unspecified atom stereocenters. The number of nitrogens with zero attached hydrogens (tertiary/aromatic N) is 1. The average molecular weight is 329 g/mol. The van der Waals surface area contributed by atoms with E-state index in [0.29, 0.717) is 0 Å². The Morgan fingerprint density at radius 3 is 2.16 bits per heavy atom. The molecule has 1 heterocycles. The zero-order chi connectivity index (χ0) is 17.2. The van der Waals surface area contributed by atoms with Gasteiger partial charge in [-0.2, -0.15) is 0 Å². The fourth-order valence-electron chi connectivity index (χ4n) is 3.47. The monoisotopic (exact) mass is 329 g/mol. The molecule has 3 aromatic carbocycles. The van der Waals surface area contributed by atoms with Crippen molar-refractivity contribution in [1.82, 2.24) is 0 Å². The molecule has 25 heavy (non-hydrogen) atoms. The van der Waals surface area contributed by atoms with Gasteiger partial charge in [0.25, 0.3) is 0 Å². The summed E-state index contributed by atoms with van der Waals surface area (Å²) in [7, 11) is 0. The second kappa shape index (κ2) is 6.64. The van der Waals surface area contributed by atoms with Gasteiger partial charge in [-0.25, -0.2) is 4.39 Å². The second-order valence-electron chi connectivity index (χ2n) is 6.57. The van der Waals surface area contributed by atoms with E-state index in [1.165, 1.54) is 34.5 Å². The topological polar surface area (TPSA) is 12.4 Å². The van der Waals surface area contributed by atoms with Crippen molar-refractivity contribution in [3.63, 3.8) is 0 Å². The molecule has 1 atom stereocenters. The Hall–Kier alpha value is -2.74. The lowest BCUT2D eigenvalue weighted by molar-refractivity contribution is 0.628. The summed E-state index contributed by atoms with van der Waals surface area (Å²) in [4.78, 5) is 4.97. The fourth-order valence-corrected chi connectivity index (χ4v) is 3.47. The van der Waals surface area contributed by atoms with E-state index in [-0.39, 0.29) is 11.9 Å². The van der Waals surface area contributed by atoms with Gasteiger partial charge in [-0.05, 0) is 59.7 Å². The van der Waals surface area contributed by atoms with Crippen LogP contribution >= 0.6 is 0 Å². The minimum absolute atomic E-state index is 0.204. The van der Waals surface area contributed by atoms with E-state index in [9.17, 15) is 4.39 Å². The number of hydrogen-bond acceptors (Lipinski definition) is 1. The summed E-state index contributed by atoms with van der Waals surface area (Å²) in [5, 5.41) is 0. The molecule has 1 nitrogen and oxygen atoms in total. The minimum Gasteiger partial charge on any atom is -0.281 e. The van der Waals surface area contributed by atoms with Crippen molar-refractivity contribution in [2.75, 3.05) is 0 Å². The van der Waals surface area contributed by atoms with Gasteiger partial charge in [0.1, 0.15) is 5.82 Å². The molecule has 4 rings (SSSR count). The Labute approximate surface area is 147 Å². The molecule has 0 amide bonds. The Kier molecular flexibility index (Phi) is 4.19. The van der Waals surface area contributed by atoms with Crippen LogP contribution in [0, 0.1) is 12.7 Å². The normalized spacial score (nSPS) is 16.7. The number of hydrogen-bond donors (Lipinski definition) is 0. The first-order chi connectivity index (χ1) is 12.2. The van der Waals surface area contributed by atoms with Crippen molar-refractivity contribution in [2.45, 2.75) is 25.8 Å². The molecule has 0 radical (unpaired) electrons. The van der Waals surface area contributed by atoms with Crippen molar-refractivity contribution in [3.8, 4) is 11.1 Å². The third kappa shape index (κ3) is 3.25. The van der Waals surface area contributed by atoms with E-state index in [4.69, 9.17) is 4.99 Å². The smallest absolute Gasteiger partial charge is 0.123 e. The maximum atomic E-state index is 13.1. The third-order valence-electron chi connectivity index (χ3n) is 4.90. The largest absolute Gasteiger partial charge is 0.281 e. The van der Waals surface area contributed by atoms with Gasteiger partial charge in [0.15, 0.2) is 0 Å². The van der Waals surface area contributed by atoms with Crippen LogP contribution in [0.2, 0.25) is 0 Å². The van der Waals surface area contributed by atoms with Gasteiger partial charge in [-0.15, -0.1) is 0 Å². The molecule has 0 fully saturated rings. The Balaban J connectivity index is 1.57. The van der Waals surface area contributed by atoms with E-state index in [0.717, 1.165) is 24.0 Å². The van der Waals surface area contributed by atoms with Gasteiger partial charge >= 0.3 is 0 Å². The summed E-state index contributed by atoms with van der Waals surface area (Å²) in [6.07, 6.45) is 2.08. The van der Waals surface area contributed by atoms with Crippen LogP contribution in [0.5, 0.6) is 0 Å². The van der Waals surface area contributed by atoms with Crippen LogP contribution in [0.1, 0.15) is 35.6 Å². The molecule has 0 aliphatic carbocycles. The maximum Gasteiger partial charge on any atom is 0.123 e. The van der Waals surface area contributed by atoms with E-state index < -0.39 is 0 Å². The fraction of sp³-hybridized carbons (Fsp3) is 0.174. The highest BCUT2D eigenvalue weighted by Crippen LogP contribution is 2.32. The van der Waals surface area contributed by atoms with Crippen LogP contribution in [0.15, 0.2) is 77.8 Å². The van der Waals surface area contributed by atoms with Crippen molar-refractivity contribution in [2.24, 2.45) is 4.99 Å². The maximum absolute atomic E-state index is 13.1. The van der Waals surface area contributed by atoms with Gasteiger partial charge in [-0.3, -0.25) is 4.99 Å². The van der Waals surface area contributed by atoms with Crippen LogP contribution in [0.25, 0.3) is 11.1 Å². The van der Waals surface area contributed by atoms with Gasteiger partial charge in [0, 0.05) is 5.71 Å². The lowest BCUT2D eigenvalue weighted by Gasteiger charge is -2.09. The summed E-state index contributed by atoms with van der Waals surface area (Å²) >= 11 is 0. The molecule has 0 saturated carbocycles. The SMILES string of the molecule is Cc1ccccc1C1=NC(c2ccc(-c3ccc(F)cc3)cc2)CC1. The quantitative estimate of drug-likeness (QED) is 0.548. The summed E-state index contributed by atoms with van der Waals surface area (Å²) in [5.74, 6) is -0.204. The average Bonchev–Trinajstić information content (AvgIpc) is 3.13. The minimum atomic E-state index is -0.204.